The van der Waals surface area contributed by atoms with E-state index in [9.17, 15) is 0 Å². The Bertz CT molecular complexity index is 270. The summed E-state index contributed by atoms with van der Waals surface area (Å²) in [4.78, 5) is 4.57. The topological polar surface area (TPSA) is 45.7 Å². The van der Waals surface area contributed by atoms with Crippen molar-refractivity contribution in [3.63, 3.8) is 0 Å². The van der Waals surface area contributed by atoms with Gasteiger partial charge in [-0.3, -0.25) is 4.99 Å². The number of rotatable bonds is 11. The molecule has 0 amide bonds. The highest BCUT2D eigenvalue weighted by Gasteiger charge is 2.20. The van der Waals surface area contributed by atoms with Crippen LogP contribution in [0.2, 0.25) is 0 Å². The SMILES string of the molecule is CCCCCC(C)NC(=NCCOCC1CC1)NCC.I. The molecule has 0 bridgehead atoms. The molecule has 0 heterocycles. The summed E-state index contributed by atoms with van der Waals surface area (Å²) in [6.07, 6.45) is 7.78. The van der Waals surface area contributed by atoms with Crippen LogP contribution in [0.5, 0.6) is 0 Å². The van der Waals surface area contributed by atoms with Gasteiger partial charge in [0.05, 0.1) is 13.2 Å². The van der Waals surface area contributed by atoms with Crippen LogP contribution in [0.3, 0.4) is 0 Å². The van der Waals surface area contributed by atoms with E-state index in [-0.39, 0.29) is 24.0 Å². The molecular formula is C16H34IN3O. The van der Waals surface area contributed by atoms with Gasteiger partial charge in [0.1, 0.15) is 0 Å². The molecule has 1 aliphatic rings. The summed E-state index contributed by atoms with van der Waals surface area (Å²) in [6, 6.07) is 0.478. The van der Waals surface area contributed by atoms with Crippen molar-refractivity contribution in [1.82, 2.24) is 10.6 Å². The van der Waals surface area contributed by atoms with Crippen molar-refractivity contribution in [3.05, 3.63) is 0 Å². The number of hydrogen-bond acceptors (Lipinski definition) is 2. The van der Waals surface area contributed by atoms with Crippen molar-refractivity contribution in [2.24, 2.45) is 10.9 Å². The first-order chi connectivity index (χ1) is 9.76. The van der Waals surface area contributed by atoms with E-state index in [1.807, 2.05) is 0 Å². The fourth-order valence-electron chi connectivity index (χ4n) is 2.08. The Hall–Kier alpha value is -0.0400. The van der Waals surface area contributed by atoms with Gasteiger partial charge >= 0.3 is 0 Å². The quantitative estimate of drug-likeness (QED) is 0.237. The fraction of sp³-hybridized carbons (Fsp3) is 0.938. The molecule has 1 saturated carbocycles. The summed E-state index contributed by atoms with van der Waals surface area (Å²) >= 11 is 0. The van der Waals surface area contributed by atoms with E-state index < -0.39 is 0 Å². The van der Waals surface area contributed by atoms with Crippen LogP contribution in [-0.2, 0) is 4.74 Å². The maximum Gasteiger partial charge on any atom is 0.191 e. The van der Waals surface area contributed by atoms with E-state index >= 15 is 0 Å². The van der Waals surface area contributed by atoms with Gasteiger partial charge in [-0.05, 0) is 39.0 Å². The predicted octanol–water partition coefficient (Wildman–Crippen LogP) is 3.55. The summed E-state index contributed by atoms with van der Waals surface area (Å²) < 4.78 is 5.61. The van der Waals surface area contributed by atoms with Gasteiger partial charge in [0.15, 0.2) is 5.96 Å². The van der Waals surface area contributed by atoms with E-state index in [1.54, 1.807) is 0 Å². The molecule has 0 radical (unpaired) electrons. The van der Waals surface area contributed by atoms with Gasteiger partial charge in [-0.2, -0.15) is 0 Å². The molecule has 1 unspecified atom stereocenters. The lowest BCUT2D eigenvalue weighted by Gasteiger charge is -2.17. The molecule has 0 saturated heterocycles. The van der Waals surface area contributed by atoms with Crippen molar-refractivity contribution >= 4 is 29.9 Å². The summed E-state index contributed by atoms with van der Waals surface area (Å²) in [7, 11) is 0. The molecule has 1 atom stereocenters. The van der Waals surface area contributed by atoms with Crippen molar-refractivity contribution in [2.75, 3.05) is 26.3 Å². The summed E-state index contributed by atoms with van der Waals surface area (Å²) in [5, 5.41) is 6.77. The number of aliphatic imine (C=N–C) groups is 1. The second kappa shape index (κ2) is 13.6. The minimum absolute atomic E-state index is 0. The van der Waals surface area contributed by atoms with Gasteiger partial charge in [0.2, 0.25) is 0 Å². The van der Waals surface area contributed by atoms with Gasteiger partial charge in [0.25, 0.3) is 0 Å². The molecule has 0 aromatic carbocycles. The first-order valence-corrected chi connectivity index (χ1v) is 8.38. The Balaban J connectivity index is 0.00000400. The van der Waals surface area contributed by atoms with Gasteiger partial charge < -0.3 is 15.4 Å². The third kappa shape index (κ3) is 12.2. The van der Waals surface area contributed by atoms with Crippen LogP contribution < -0.4 is 10.6 Å². The highest BCUT2D eigenvalue weighted by Crippen LogP contribution is 2.28. The molecule has 5 heteroatoms. The fourth-order valence-corrected chi connectivity index (χ4v) is 2.08. The summed E-state index contributed by atoms with van der Waals surface area (Å²) in [5.41, 5.74) is 0. The second-order valence-electron chi connectivity index (χ2n) is 5.82. The first-order valence-electron chi connectivity index (χ1n) is 8.38. The van der Waals surface area contributed by atoms with E-state index in [1.165, 1.54) is 38.5 Å². The first kappa shape index (κ1) is 21.0. The third-order valence-corrected chi connectivity index (χ3v) is 3.52. The average Bonchev–Trinajstić information content (AvgIpc) is 3.23. The van der Waals surface area contributed by atoms with Crippen LogP contribution in [0.15, 0.2) is 4.99 Å². The monoisotopic (exact) mass is 411 g/mol. The lowest BCUT2D eigenvalue weighted by molar-refractivity contribution is 0.131. The highest BCUT2D eigenvalue weighted by atomic mass is 127. The second-order valence-corrected chi connectivity index (χ2v) is 5.82. The van der Waals surface area contributed by atoms with Crippen molar-refractivity contribution < 1.29 is 4.74 Å². The predicted molar refractivity (Wildman–Crippen MR) is 102 cm³/mol. The van der Waals surface area contributed by atoms with Crippen LogP contribution in [0.1, 0.15) is 59.3 Å². The van der Waals surface area contributed by atoms with Gasteiger partial charge in [-0.15, -0.1) is 24.0 Å². The number of nitrogens with zero attached hydrogens (tertiary/aromatic N) is 1. The van der Waals surface area contributed by atoms with Crippen LogP contribution in [0.4, 0.5) is 0 Å². The molecular weight excluding hydrogens is 377 g/mol. The van der Waals surface area contributed by atoms with Crippen LogP contribution in [0.25, 0.3) is 0 Å². The molecule has 1 rings (SSSR count). The molecule has 4 nitrogen and oxygen atoms in total. The Morgan fingerprint density at radius 3 is 2.67 bits per heavy atom. The van der Waals surface area contributed by atoms with E-state index in [0.29, 0.717) is 6.04 Å². The van der Waals surface area contributed by atoms with Crippen molar-refractivity contribution in [1.29, 1.82) is 0 Å². The summed E-state index contributed by atoms with van der Waals surface area (Å²) in [6.45, 7) is 9.87. The molecule has 0 aromatic heterocycles. The standard InChI is InChI=1S/C16H33N3O.HI/c1-4-6-7-8-14(3)19-16(17-5-2)18-11-12-20-13-15-9-10-15;/h14-15H,4-13H2,1-3H3,(H2,17,18,19);1H. The summed E-state index contributed by atoms with van der Waals surface area (Å²) in [5.74, 6) is 1.76. The zero-order valence-electron chi connectivity index (χ0n) is 14.0. The van der Waals surface area contributed by atoms with E-state index in [2.05, 4.69) is 36.4 Å². The smallest absolute Gasteiger partial charge is 0.191 e. The molecule has 0 aromatic rings. The number of guanidine groups is 1. The maximum absolute atomic E-state index is 5.61. The molecule has 1 aliphatic carbocycles. The normalized spacial score (nSPS) is 16.2. The highest BCUT2D eigenvalue weighted by molar-refractivity contribution is 14.0. The lowest BCUT2D eigenvalue weighted by Crippen LogP contribution is -2.42. The average molecular weight is 411 g/mol. The minimum atomic E-state index is 0. The van der Waals surface area contributed by atoms with Crippen molar-refractivity contribution in [3.8, 4) is 0 Å². The van der Waals surface area contributed by atoms with Crippen LogP contribution >= 0.6 is 24.0 Å². The minimum Gasteiger partial charge on any atom is -0.379 e. The molecule has 2 N–H and O–H groups in total. The zero-order valence-corrected chi connectivity index (χ0v) is 16.3. The lowest BCUT2D eigenvalue weighted by atomic mass is 10.1. The zero-order chi connectivity index (χ0) is 14.6. The third-order valence-electron chi connectivity index (χ3n) is 3.52. The molecule has 0 aliphatic heterocycles. The van der Waals surface area contributed by atoms with Gasteiger partial charge in [0, 0.05) is 19.2 Å². The number of hydrogen-bond donors (Lipinski definition) is 2. The number of ether oxygens (including phenoxy) is 1. The molecule has 21 heavy (non-hydrogen) atoms. The largest absolute Gasteiger partial charge is 0.379 e. The molecule has 0 spiro atoms. The van der Waals surface area contributed by atoms with Crippen LogP contribution in [0, 0.1) is 5.92 Å². The van der Waals surface area contributed by atoms with Crippen molar-refractivity contribution in [2.45, 2.75) is 65.3 Å². The number of unbranched alkanes of at least 4 members (excludes halogenated alkanes) is 2. The van der Waals surface area contributed by atoms with Gasteiger partial charge in [-0.1, -0.05) is 26.2 Å². The van der Waals surface area contributed by atoms with E-state index in [4.69, 9.17) is 4.74 Å². The Morgan fingerprint density at radius 1 is 1.29 bits per heavy atom. The Morgan fingerprint density at radius 2 is 2.05 bits per heavy atom. The Labute approximate surface area is 147 Å². The van der Waals surface area contributed by atoms with Crippen LogP contribution in [-0.4, -0.2) is 38.3 Å². The molecule has 126 valence electrons. The maximum atomic E-state index is 5.61. The Kier molecular flexibility index (Phi) is 13.6. The van der Waals surface area contributed by atoms with Gasteiger partial charge in [-0.25, -0.2) is 0 Å². The van der Waals surface area contributed by atoms with E-state index in [0.717, 1.165) is 38.2 Å². The number of halogens is 1. The number of nitrogens with one attached hydrogen (secondary N) is 2. The molecule has 1 fully saturated rings.